The van der Waals surface area contributed by atoms with Crippen molar-refractivity contribution in [2.45, 2.75) is 25.3 Å². The fourth-order valence-electron chi connectivity index (χ4n) is 2.84. The average molecular weight is 212 g/mol. The summed E-state index contributed by atoms with van der Waals surface area (Å²) in [6.07, 6.45) is 2.63. The van der Waals surface area contributed by atoms with Crippen LogP contribution in [0.5, 0.6) is 0 Å². The van der Waals surface area contributed by atoms with E-state index in [0.717, 1.165) is 32.6 Å². The number of carboxylic acids is 1. The maximum atomic E-state index is 10.7. The van der Waals surface area contributed by atoms with Gasteiger partial charge < -0.3 is 10.0 Å². The zero-order valence-electron chi connectivity index (χ0n) is 9.35. The van der Waals surface area contributed by atoms with Gasteiger partial charge in [0, 0.05) is 32.1 Å². The lowest BCUT2D eigenvalue weighted by Gasteiger charge is -2.20. The van der Waals surface area contributed by atoms with Crippen LogP contribution in [-0.2, 0) is 4.79 Å². The van der Waals surface area contributed by atoms with Crippen molar-refractivity contribution < 1.29 is 9.90 Å². The fraction of sp³-hybridized carbons (Fsp3) is 0.909. The normalized spacial score (nSPS) is 33.7. The predicted molar refractivity (Wildman–Crippen MR) is 57.8 cm³/mol. The SMILES string of the molecule is CN1CCC2CC(CC(=O)O)CN2CC1. The first kappa shape index (κ1) is 10.9. The molecule has 4 nitrogen and oxygen atoms in total. The van der Waals surface area contributed by atoms with Gasteiger partial charge in [-0.3, -0.25) is 9.69 Å². The minimum Gasteiger partial charge on any atom is -0.481 e. The summed E-state index contributed by atoms with van der Waals surface area (Å²) in [6.45, 7) is 4.37. The molecule has 0 amide bonds. The molecule has 0 aliphatic carbocycles. The van der Waals surface area contributed by atoms with Crippen molar-refractivity contribution in [2.24, 2.45) is 5.92 Å². The summed E-state index contributed by atoms with van der Waals surface area (Å²) in [7, 11) is 2.16. The van der Waals surface area contributed by atoms with Crippen LogP contribution in [0.25, 0.3) is 0 Å². The number of hydrogen-bond donors (Lipinski definition) is 1. The number of carbonyl (C=O) groups is 1. The van der Waals surface area contributed by atoms with E-state index in [1.807, 2.05) is 0 Å². The van der Waals surface area contributed by atoms with E-state index < -0.39 is 5.97 Å². The Labute approximate surface area is 90.9 Å². The van der Waals surface area contributed by atoms with Gasteiger partial charge in [0.25, 0.3) is 0 Å². The average Bonchev–Trinajstić information content (AvgIpc) is 2.45. The molecule has 4 heteroatoms. The molecule has 2 rings (SSSR count). The van der Waals surface area contributed by atoms with Gasteiger partial charge in [-0.1, -0.05) is 0 Å². The molecular weight excluding hydrogens is 192 g/mol. The summed E-state index contributed by atoms with van der Waals surface area (Å²) in [6, 6.07) is 0.638. The Morgan fingerprint density at radius 3 is 2.93 bits per heavy atom. The zero-order valence-corrected chi connectivity index (χ0v) is 9.35. The molecule has 15 heavy (non-hydrogen) atoms. The van der Waals surface area contributed by atoms with Crippen LogP contribution in [0.15, 0.2) is 0 Å². The summed E-state index contributed by atoms with van der Waals surface area (Å²) in [4.78, 5) is 15.5. The van der Waals surface area contributed by atoms with Crippen LogP contribution in [0, 0.1) is 5.92 Å². The molecule has 0 aromatic rings. The van der Waals surface area contributed by atoms with E-state index in [1.54, 1.807) is 0 Å². The second kappa shape index (κ2) is 4.49. The standard InChI is InChI=1S/C11H20N2O2/c1-12-3-2-10-6-9(7-11(14)15)8-13(10)5-4-12/h9-10H,2-8H2,1H3,(H,14,15). The second-order valence-electron chi connectivity index (χ2n) is 4.94. The number of fused-ring (bicyclic) bond motifs is 1. The van der Waals surface area contributed by atoms with Gasteiger partial charge in [-0.2, -0.15) is 0 Å². The molecule has 0 saturated carbocycles. The van der Waals surface area contributed by atoms with Gasteiger partial charge in [0.15, 0.2) is 0 Å². The first-order valence-electron chi connectivity index (χ1n) is 5.79. The molecule has 2 atom stereocenters. The molecule has 0 aromatic carbocycles. The highest BCUT2D eigenvalue weighted by Crippen LogP contribution is 2.28. The van der Waals surface area contributed by atoms with E-state index in [9.17, 15) is 4.79 Å². The number of hydrogen-bond acceptors (Lipinski definition) is 3. The van der Waals surface area contributed by atoms with E-state index in [-0.39, 0.29) is 0 Å². The molecule has 0 aromatic heterocycles. The van der Waals surface area contributed by atoms with Crippen molar-refractivity contribution in [3.8, 4) is 0 Å². The van der Waals surface area contributed by atoms with Crippen LogP contribution < -0.4 is 0 Å². The Morgan fingerprint density at radius 2 is 2.20 bits per heavy atom. The molecule has 2 saturated heterocycles. The summed E-state index contributed by atoms with van der Waals surface area (Å²) < 4.78 is 0. The molecule has 0 spiro atoms. The van der Waals surface area contributed by atoms with Crippen LogP contribution in [0.1, 0.15) is 19.3 Å². The minimum absolute atomic E-state index is 0.350. The molecule has 86 valence electrons. The van der Waals surface area contributed by atoms with E-state index >= 15 is 0 Å². The first-order chi connectivity index (χ1) is 7.15. The number of aliphatic carboxylic acids is 1. The largest absolute Gasteiger partial charge is 0.481 e. The quantitative estimate of drug-likeness (QED) is 0.723. The van der Waals surface area contributed by atoms with Crippen LogP contribution in [-0.4, -0.2) is 60.1 Å². The third-order valence-corrected chi connectivity index (χ3v) is 3.69. The lowest BCUT2D eigenvalue weighted by atomic mass is 10.0. The molecular formula is C11H20N2O2. The molecule has 2 heterocycles. The van der Waals surface area contributed by atoms with Gasteiger partial charge in [0.05, 0.1) is 0 Å². The van der Waals surface area contributed by atoms with Crippen molar-refractivity contribution in [3.05, 3.63) is 0 Å². The van der Waals surface area contributed by atoms with E-state index in [1.165, 1.54) is 6.42 Å². The monoisotopic (exact) mass is 212 g/mol. The number of rotatable bonds is 2. The van der Waals surface area contributed by atoms with Gasteiger partial charge in [0.2, 0.25) is 0 Å². The van der Waals surface area contributed by atoms with E-state index in [0.29, 0.717) is 18.4 Å². The van der Waals surface area contributed by atoms with Crippen LogP contribution >= 0.6 is 0 Å². The van der Waals surface area contributed by atoms with E-state index in [2.05, 4.69) is 16.8 Å². The van der Waals surface area contributed by atoms with Crippen LogP contribution in [0.4, 0.5) is 0 Å². The smallest absolute Gasteiger partial charge is 0.303 e. The topological polar surface area (TPSA) is 43.8 Å². The van der Waals surface area contributed by atoms with Gasteiger partial charge in [-0.05, 0) is 32.4 Å². The van der Waals surface area contributed by atoms with Gasteiger partial charge in [-0.25, -0.2) is 0 Å². The number of nitrogens with zero attached hydrogens (tertiary/aromatic N) is 2. The van der Waals surface area contributed by atoms with Gasteiger partial charge >= 0.3 is 5.97 Å². The van der Waals surface area contributed by atoms with Gasteiger partial charge in [0.1, 0.15) is 0 Å². The molecule has 2 fully saturated rings. The van der Waals surface area contributed by atoms with Crippen molar-refractivity contribution in [2.75, 3.05) is 33.2 Å². The third-order valence-electron chi connectivity index (χ3n) is 3.69. The van der Waals surface area contributed by atoms with Crippen LogP contribution in [0.2, 0.25) is 0 Å². The molecule has 2 unspecified atom stereocenters. The summed E-state index contributed by atoms with van der Waals surface area (Å²) in [5.41, 5.74) is 0. The van der Waals surface area contributed by atoms with Crippen molar-refractivity contribution in [1.29, 1.82) is 0 Å². The summed E-state index contributed by atoms with van der Waals surface area (Å²) in [5.74, 6) is -0.259. The lowest BCUT2D eigenvalue weighted by molar-refractivity contribution is -0.138. The third kappa shape index (κ3) is 2.69. The molecule has 1 N–H and O–H groups in total. The zero-order chi connectivity index (χ0) is 10.8. The maximum absolute atomic E-state index is 10.7. The number of likely N-dealkylation sites (N-methyl/N-ethyl adjacent to an activating group) is 1. The Morgan fingerprint density at radius 1 is 1.40 bits per heavy atom. The molecule has 0 radical (unpaired) electrons. The molecule has 0 bridgehead atoms. The Bertz CT molecular complexity index is 229. The maximum Gasteiger partial charge on any atom is 0.303 e. The molecule has 2 aliphatic rings. The summed E-state index contributed by atoms with van der Waals surface area (Å²) >= 11 is 0. The highest BCUT2D eigenvalue weighted by Gasteiger charge is 2.34. The van der Waals surface area contributed by atoms with Crippen LogP contribution in [0.3, 0.4) is 0 Å². The van der Waals surface area contributed by atoms with Gasteiger partial charge in [-0.15, -0.1) is 0 Å². The summed E-state index contributed by atoms with van der Waals surface area (Å²) in [5, 5.41) is 8.78. The highest BCUT2D eigenvalue weighted by atomic mass is 16.4. The van der Waals surface area contributed by atoms with Crippen molar-refractivity contribution in [1.82, 2.24) is 9.80 Å². The first-order valence-corrected chi connectivity index (χ1v) is 5.79. The van der Waals surface area contributed by atoms with E-state index in [4.69, 9.17) is 5.11 Å². The highest BCUT2D eigenvalue weighted by molar-refractivity contribution is 5.67. The van der Waals surface area contributed by atoms with Crippen molar-refractivity contribution >= 4 is 5.97 Å². The van der Waals surface area contributed by atoms with Crippen molar-refractivity contribution in [3.63, 3.8) is 0 Å². The molecule has 2 aliphatic heterocycles. The second-order valence-corrected chi connectivity index (χ2v) is 4.94. The number of carboxylic acid groups (broad SMARTS) is 1. The fourth-order valence-corrected chi connectivity index (χ4v) is 2.84. The Hall–Kier alpha value is -0.610. The minimum atomic E-state index is -0.644. The predicted octanol–water partition coefficient (Wildman–Crippen LogP) is 0.487. The Kier molecular flexibility index (Phi) is 3.26. The lowest BCUT2D eigenvalue weighted by Crippen LogP contribution is -2.31. The Balaban J connectivity index is 1.88.